The highest BCUT2D eigenvalue weighted by molar-refractivity contribution is 5.79. The molecule has 1 fully saturated rings. The van der Waals surface area contributed by atoms with Crippen LogP contribution in [0, 0.1) is 5.92 Å². The van der Waals surface area contributed by atoms with Crippen molar-refractivity contribution in [3.8, 4) is 0 Å². The molecule has 0 heterocycles. The van der Waals surface area contributed by atoms with Crippen LogP contribution < -0.4 is 5.32 Å². The molecule has 3 rings (SSSR count). The highest BCUT2D eigenvalue weighted by Gasteiger charge is 2.18. The molecule has 0 amide bonds. The largest absolute Gasteiger partial charge is 0.385 e. The molecule has 2 aliphatic rings. The molecule has 0 unspecified atom stereocenters. The molecule has 2 nitrogen and oxygen atoms in total. The zero-order valence-corrected chi connectivity index (χ0v) is 11.6. The molecule has 0 aromatic heterocycles. The van der Waals surface area contributed by atoms with Gasteiger partial charge >= 0.3 is 0 Å². The van der Waals surface area contributed by atoms with Gasteiger partial charge in [0.25, 0.3) is 0 Å². The molecule has 1 aromatic rings. The zero-order chi connectivity index (χ0) is 13.1. The summed E-state index contributed by atoms with van der Waals surface area (Å²) < 4.78 is 0. The van der Waals surface area contributed by atoms with Crippen molar-refractivity contribution in [2.24, 2.45) is 5.92 Å². The van der Waals surface area contributed by atoms with E-state index in [0.717, 1.165) is 32.2 Å². The van der Waals surface area contributed by atoms with Gasteiger partial charge in [-0.25, -0.2) is 0 Å². The minimum Gasteiger partial charge on any atom is -0.385 e. The lowest BCUT2D eigenvalue weighted by atomic mass is 9.88. The quantitative estimate of drug-likeness (QED) is 0.893. The smallest absolute Gasteiger partial charge is 0.132 e. The molecular formula is C17H23NO. The van der Waals surface area contributed by atoms with Crippen LogP contribution in [0.25, 0.3) is 0 Å². The first-order chi connectivity index (χ1) is 9.31. The third-order valence-corrected chi connectivity index (χ3v) is 4.61. The van der Waals surface area contributed by atoms with E-state index in [9.17, 15) is 4.79 Å². The number of hydrogen-bond acceptors (Lipinski definition) is 2. The Morgan fingerprint density at radius 2 is 1.74 bits per heavy atom. The van der Waals surface area contributed by atoms with Gasteiger partial charge in [-0.05, 0) is 67.7 Å². The van der Waals surface area contributed by atoms with Crippen LogP contribution >= 0.6 is 0 Å². The summed E-state index contributed by atoms with van der Waals surface area (Å²) in [5, 5.41) is 3.57. The van der Waals surface area contributed by atoms with Crippen molar-refractivity contribution in [2.45, 2.75) is 51.4 Å². The van der Waals surface area contributed by atoms with Gasteiger partial charge in [-0.2, -0.15) is 0 Å². The molecule has 102 valence electrons. The number of aryl methyl sites for hydroxylation is 2. The van der Waals surface area contributed by atoms with Crippen LogP contribution in [0.2, 0.25) is 0 Å². The van der Waals surface area contributed by atoms with Crippen molar-refractivity contribution in [1.82, 2.24) is 0 Å². The van der Waals surface area contributed by atoms with Crippen molar-refractivity contribution in [3.63, 3.8) is 0 Å². The summed E-state index contributed by atoms with van der Waals surface area (Å²) in [5.74, 6) is 1.12. The van der Waals surface area contributed by atoms with E-state index in [2.05, 4.69) is 23.5 Å². The summed E-state index contributed by atoms with van der Waals surface area (Å²) in [5.41, 5.74) is 4.34. The number of rotatable bonds is 3. The number of hydrogen-bond donors (Lipinski definition) is 1. The molecule has 1 saturated carbocycles. The van der Waals surface area contributed by atoms with Crippen molar-refractivity contribution in [3.05, 3.63) is 29.3 Å². The lowest BCUT2D eigenvalue weighted by Gasteiger charge is -2.22. The third-order valence-electron chi connectivity index (χ3n) is 4.61. The van der Waals surface area contributed by atoms with E-state index in [0.29, 0.717) is 11.7 Å². The van der Waals surface area contributed by atoms with Gasteiger partial charge in [0.15, 0.2) is 0 Å². The lowest BCUT2D eigenvalue weighted by Crippen LogP contribution is -2.21. The molecule has 1 N–H and O–H groups in total. The predicted molar refractivity (Wildman–Crippen MR) is 78.5 cm³/mol. The fourth-order valence-corrected chi connectivity index (χ4v) is 3.31. The molecule has 0 atom stereocenters. The minimum atomic E-state index is 0.449. The minimum absolute atomic E-state index is 0.449. The third kappa shape index (κ3) is 3.17. The Morgan fingerprint density at radius 3 is 2.53 bits per heavy atom. The van der Waals surface area contributed by atoms with Gasteiger partial charge in [-0.1, -0.05) is 6.07 Å². The standard InChI is InChI=1S/C17H23NO/c19-17-9-5-13(6-10-17)12-18-16-8-7-14-3-1-2-4-15(14)11-16/h7-8,11,13,18H,1-6,9-10,12H2. The number of Topliss-reactive ketones (excluding diaryl/α,β-unsaturated/α-hetero) is 1. The normalized spacial score (nSPS) is 20.1. The summed E-state index contributed by atoms with van der Waals surface area (Å²) in [6, 6.07) is 6.85. The summed E-state index contributed by atoms with van der Waals surface area (Å²) in [7, 11) is 0. The van der Waals surface area contributed by atoms with Crippen LogP contribution in [-0.2, 0) is 17.6 Å². The Balaban J connectivity index is 1.56. The van der Waals surface area contributed by atoms with Gasteiger partial charge in [-0.3, -0.25) is 4.79 Å². The fraction of sp³-hybridized carbons (Fsp3) is 0.588. The van der Waals surface area contributed by atoms with Crippen molar-refractivity contribution < 1.29 is 4.79 Å². The van der Waals surface area contributed by atoms with E-state index in [4.69, 9.17) is 0 Å². The van der Waals surface area contributed by atoms with E-state index in [1.807, 2.05) is 0 Å². The van der Waals surface area contributed by atoms with E-state index in [1.165, 1.54) is 36.9 Å². The first kappa shape index (κ1) is 12.7. The predicted octanol–water partition coefficient (Wildman–Crippen LogP) is 3.74. The molecule has 0 bridgehead atoms. The average molecular weight is 257 g/mol. The molecule has 0 spiro atoms. The fourth-order valence-electron chi connectivity index (χ4n) is 3.31. The maximum atomic E-state index is 11.2. The van der Waals surface area contributed by atoms with E-state index < -0.39 is 0 Å². The summed E-state index contributed by atoms with van der Waals surface area (Å²) in [6.07, 6.45) is 8.88. The topological polar surface area (TPSA) is 29.1 Å². The van der Waals surface area contributed by atoms with Crippen molar-refractivity contribution >= 4 is 11.5 Å². The summed E-state index contributed by atoms with van der Waals surface area (Å²) >= 11 is 0. The first-order valence-electron chi connectivity index (χ1n) is 7.68. The molecular weight excluding hydrogens is 234 g/mol. The van der Waals surface area contributed by atoms with Gasteiger partial charge in [0.1, 0.15) is 5.78 Å². The number of fused-ring (bicyclic) bond motifs is 1. The van der Waals surface area contributed by atoms with Crippen LogP contribution in [0.5, 0.6) is 0 Å². The number of benzene rings is 1. The first-order valence-corrected chi connectivity index (χ1v) is 7.68. The molecule has 2 aliphatic carbocycles. The number of carbonyl (C=O) groups excluding carboxylic acids is 1. The molecule has 0 saturated heterocycles. The second-order valence-corrected chi connectivity index (χ2v) is 6.05. The average Bonchev–Trinajstić information content (AvgIpc) is 2.46. The monoisotopic (exact) mass is 257 g/mol. The number of ketones is 1. The molecule has 0 aliphatic heterocycles. The maximum Gasteiger partial charge on any atom is 0.132 e. The Labute approximate surface area is 115 Å². The van der Waals surface area contributed by atoms with Crippen LogP contribution in [0.4, 0.5) is 5.69 Å². The SMILES string of the molecule is O=C1CCC(CNc2ccc3c(c2)CCCC3)CC1. The van der Waals surface area contributed by atoms with Gasteiger partial charge < -0.3 is 5.32 Å². The number of nitrogens with one attached hydrogen (secondary N) is 1. The second-order valence-electron chi connectivity index (χ2n) is 6.05. The van der Waals surface area contributed by atoms with Crippen LogP contribution in [0.15, 0.2) is 18.2 Å². The van der Waals surface area contributed by atoms with Crippen LogP contribution in [0.3, 0.4) is 0 Å². The zero-order valence-electron chi connectivity index (χ0n) is 11.6. The molecule has 0 radical (unpaired) electrons. The Bertz CT molecular complexity index is 456. The molecule has 1 aromatic carbocycles. The number of anilines is 1. The van der Waals surface area contributed by atoms with E-state index in [-0.39, 0.29) is 0 Å². The molecule has 2 heteroatoms. The highest BCUT2D eigenvalue weighted by atomic mass is 16.1. The van der Waals surface area contributed by atoms with Crippen molar-refractivity contribution in [1.29, 1.82) is 0 Å². The summed E-state index contributed by atoms with van der Waals surface area (Å²) in [4.78, 5) is 11.2. The van der Waals surface area contributed by atoms with Crippen LogP contribution in [0.1, 0.15) is 49.7 Å². The molecule has 19 heavy (non-hydrogen) atoms. The van der Waals surface area contributed by atoms with Crippen LogP contribution in [-0.4, -0.2) is 12.3 Å². The second kappa shape index (κ2) is 5.77. The van der Waals surface area contributed by atoms with Gasteiger partial charge in [0, 0.05) is 25.1 Å². The van der Waals surface area contributed by atoms with E-state index >= 15 is 0 Å². The Hall–Kier alpha value is -1.31. The Morgan fingerprint density at radius 1 is 1.00 bits per heavy atom. The van der Waals surface area contributed by atoms with Gasteiger partial charge in [-0.15, -0.1) is 0 Å². The highest BCUT2D eigenvalue weighted by Crippen LogP contribution is 2.26. The van der Waals surface area contributed by atoms with Crippen molar-refractivity contribution in [2.75, 3.05) is 11.9 Å². The van der Waals surface area contributed by atoms with Gasteiger partial charge in [0.2, 0.25) is 0 Å². The Kier molecular flexibility index (Phi) is 3.86. The van der Waals surface area contributed by atoms with Gasteiger partial charge in [0.05, 0.1) is 0 Å². The number of carbonyl (C=O) groups is 1. The summed E-state index contributed by atoms with van der Waals surface area (Å²) in [6.45, 7) is 1.02. The van der Waals surface area contributed by atoms with E-state index in [1.54, 1.807) is 5.56 Å². The maximum absolute atomic E-state index is 11.2. The lowest BCUT2D eigenvalue weighted by molar-refractivity contribution is -0.120.